The predicted molar refractivity (Wildman–Crippen MR) is 119 cm³/mol. The molecule has 28 heavy (non-hydrogen) atoms. The summed E-state index contributed by atoms with van der Waals surface area (Å²) in [6.45, 7) is 0. The van der Waals surface area contributed by atoms with Gasteiger partial charge in [0.05, 0.1) is 0 Å². The first-order valence-electron chi connectivity index (χ1n) is 9.71. The van der Waals surface area contributed by atoms with Gasteiger partial charge in [0.2, 0.25) is 0 Å². The molecule has 0 N–H and O–H groups in total. The van der Waals surface area contributed by atoms with Crippen molar-refractivity contribution in [3.63, 3.8) is 0 Å². The number of rotatable bonds is 0. The Morgan fingerprint density at radius 2 is 0.500 bits per heavy atom. The molecule has 0 atom stereocenters. The standard InChI is InChI=1S/C28H18/c1-2-10-20-18-28-26-16-8-6-14-24(26)22-12-4-3-11-21(22)23-13-5-7-15-25(23)27(28)17-19(20)9-1/h1-18H. The van der Waals surface area contributed by atoms with Crippen molar-refractivity contribution in [1.82, 2.24) is 0 Å². The highest BCUT2D eigenvalue weighted by Crippen LogP contribution is 2.48. The van der Waals surface area contributed by atoms with Crippen LogP contribution in [-0.2, 0) is 0 Å². The third-order valence-corrected chi connectivity index (χ3v) is 5.83. The van der Waals surface area contributed by atoms with Gasteiger partial charge in [0.25, 0.3) is 0 Å². The highest BCUT2D eigenvalue weighted by Gasteiger charge is 2.21. The molecule has 0 spiro atoms. The first-order chi connectivity index (χ1) is 13.9. The Morgan fingerprint density at radius 3 is 0.821 bits per heavy atom. The van der Waals surface area contributed by atoms with Gasteiger partial charge in [0, 0.05) is 0 Å². The van der Waals surface area contributed by atoms with Crippen molar-refractivity contribution in [2.75, 3.05) is 0 Å². The molecule has 0 aliphatic heterocycles. The lowest BCUT2D eigenvalue weighted by molar-refractivity contribution is 1.53. The normalized spacial score (nSPS) is 11.6. The Morgan fingerprint density at radius 1 is 0.250 bits per heavy atom. The van der Waals surface area contributed by atoms with Crippen LogP contribution in [-0.4, -0.2) is 0 Å². The van der Waals surface area contributed by atoms with Crippen LogP contribution < -0.4 is 0 Å². The fourth-order valence-electron chi connectivity index (χ4n) is 4.54. The maximum absolute atomic E-state index is 2.36. The number of fused-ring (bicyclic) bond motifs is 9. The van der Waals surface area contributed by atoms with Crippen LogP contribution in [0.25, 0.3) is 55.3 Å². The molecule has 0 heteroatoms. The van der Waals surface area contributed by atoms with E-state index in [9.17, 15) is 0 Å². The molecule has 0 aromatic heterocycles. The van der Waals surface area contributed by atoms with Crippen LogP contribution in [0.4, 0.5) is 0 Å². The summed E-state index contributed by atoms with van der Waals surface area (Å²) in [6, 6.07) is 39.7. The van der Waals surface area contributed by atoms with Gasteiger partial charge in [-0.05, 0) is 67.4 Å². The molecule has 5 aromatic carbocycles. The number of benzene rings is 5. The summed E-state index contributed by atoms with van der Waals surface area (Å²) in [5.74, 6) is 0. The zero-order valence-electron chi connectivity index (χ0n) is 15.4. The van der Waals surface area contributed by atoms with E-state index in [0.29, 0.717) is 0 Å². The molecule has 0 amide bonds. The number of hydrogen-bond donors (Lipinski definition) is 0. The minimum absolute atomic E-state index is 1.28. The molecule has 0 nitrogen and oxygen atoms in total. The number of hydrogen-bond acceptors (Lipinski definition) is 0. The van der Waals surface area contributed by atoms with Crippen LogP contribution in [0.2, 0.25) is 0 Å². The molecule has 0 saturated carbocycles. The summed E-state index contributed by atoms with van der Waals surface area (Å²) in [4.78, 5) is 0. The van der Waals surface area contributed by atoms with Crippen molar-refractivity contribution < 1.29 is 0 Å². The van der Waals surface area contributed by atoms with Crippen LogP contribution in [0.3, 0.4) is 0 Å². The van der Waals surface area contributed by atoms with Crippen molar-refractivity contribution in [3.05, 3.63) is 109 Å². The second-order valence-corrected chi connectivity index (χ2v) is 7.38. The van der Waals surface area contributed by atoms with E-state index in [1.165, 1.54) is 55.3 Å². The van der Waals surface area contributed by atoms with E-state index in [-0.39, 0.29) is 0 Å². The summed E-state index contributed by atoms with van der Waals surface area (Å²) >= 11 is 0. The van der Waals surface area contributed by atoms with Gasteiger partial charge in [-0.1, -0.05) is 97.1 Å². The Hall–Kier alpha value is -3.64. The van der Waals surface area contributed by atoms with Crippen LogP contribution in [0.15, 0.2) is 109 Å². The molecule has 1 aliphatic carbocycles. The molecule has 0 fully saturated rings. The lowest BCUT2D eigenvalue weighted by atomic mass is 9.80. The van der Waals surface area contributed by atoms with Gasteiger partial charge in [-0.3, -0.25) is 0 Å². The van der Waals surface area contributed by atoms with Crippen molar-refractivity contribution >= 4 is 10.8 Å². The van der Waals surface area contributed by atoms with Crippen LogP contribution in [0.5, 0.6) is 0 Å². The van der Waals surface area contributed by atoms with Gasteiger partial charge in [-0.15, -0.1) is 0 Å². The monoisotopic (exact) mass is 354 g/mol. The topological polar surface area (TPSA) is 0 Å². The summed E-state index contributed by atoms with van der Waals surface area (Å²) < 4.78 is 0. The van der Waals surface area contributed by atoms with E-state index in [0.717, 1.165) is 0 Å². The van der Waals surface area contributed by atoms with E-state index in [4.69, 9.17) is 0 Å². The second kappa shape index (κ2) is 5.94. The first kappa shape index (κ1) is 15.4. The summed E-state index contributed by atoms with van der Waals surface area (Å²) in [5.41, 5.74) is 10.4. The van der Waals surface area contributed by atoms with E-state index >= 15 is 0 Å². The van der Waals surface area contributed by atoms with Gasteiger partial charge in [-0.25, -0.2) is 0 Å². The highest BCUT2D eigenvalue weighted by atomic mass is 14.2. The molecule has 130 valence electrons. The zero-order valence-corrected chi connectivity index (χ0v) is 15.4. The molecule has 0 heterocycles. The maximum Gasteiger partial charge on any atom is -0.00926 e. The van der Waals surface area contributed by atoms with Gasteiger partial charge in [0.15, 0.2) is 0 Å². The fourth-order valence-corrected chi connectivity index (χ4v) is 4.54. The summed E-state index contributed by atoms with van der Waals surface area (Å²) in [7, 11) is 0. The Balaban J connectivity index is 1.85. The molecule has 6 rings (SSSR count). The van der Waals surface area contributed by atoms with Crippen molar-refractivity contribution in [2.24, 2.45) is 0 Å². The average Bonchev–Trinajstić information content (AvgIpc) is 2.77. The van der Waals surface area contributed by atoms with E-state index in [2.05, 4.69) is 109 Å². The predicted octanol–water partition coefficient (Wildman–Crippen LogP) is 7.82. The molecule has 1 aliphatic rings. The van der Waals surface area contributed by atoms with Gasteiger partial charge < -0.3 is 0 Å². The fraction of sp³-hybridized carbons (Fsp3) is 0. The maximum atomic E-state index is 2.36. The van der Waals surface area contributed by atoms with Crippen molar-refractivity contribution in [1.29, 1.82) is 0 Å². The molecule has 5 aromatic rings. The average molecular weight is 354 g/mol. The van der Waals surface area contributed by atoms with Crippen LogP contribution in [0.1, 0.15) is 0 Å². The molecule has 0 bridgehead atoms. The Labute approximate surface area is 164 Å². The lowest BCUT2D eigenvalue weighted by Crippen LogP contribution is -1.97. The largest absolute Gasteiger partial charge is 0.0616 e. The highest BCUT2D eigenvalue weighted by molar-refractivity contribution is 6.06. The lowest BCUT2D eigenvalue weighted by Gasteiger charge is -2.23. The third kappa shape index (κ3) is 2.18. The van der Waals surface area contributed by atoms with E-state index in [1.807, 2.05) is 0 Å². The minimum Gasteiger partial charge on any atom is -0.0616 e. The molecule has 0 radical (unpaired) electrons. The molecule has 0 unspecified atom stereocenters. The Kier molecular flexibility index (Phi) is 3.27. The summed E-state index contributed by atoms with van der Waals surface area (Å²) in [5, 5.41) is 2.56. The van der Waals surface area contributed by atoms with E-state index in [1.54, 1.807) is 0 Å². The van der Waals surface area contributed by atoms with Crippen LogP contribution in [0, 0.1) is 0 Å². The quantitative estimate of drug-likeness (QED) is 0.261. The minimum atomic E-state index is 1.28. The third-order valence-electron chi connectivity index (χ3n) is 5.83. The zero-order chi connectivity index (χ0) is 18.5. The van der Waals surface area contributed by atoms with E-state index < -0.39 is 0 Å². The molecular formula is C28H18. The molecule has 0 saturated heterocycles. The summed E-state index contributed by atoms with van der Waals surface area (Å²) in [6.07, 6.45) is 0. The van der Waals surface area contributed by atoms with Gasteiger partial charge in [-0.2, -0.15) is 0 Å². The van der Waals surface area contributed by atoms with Crippen molar-refractivity contribution in [3.8, 4) is 44.5 Å². The SMILES string of the molecule is c1ccc2c(c1)-c1ccccc1-c1cc3ccccc3cc1-c1ccccc1-2. The second-order valence-electron chi connectivity index (χ2n) is 7.38. The van der Waals surface area contributed by atoms with Gasteiger partial charge >= 0.3 is 0 Å². The Bertz CT molecular complexity index is 1250. The van der Waals surface area contributed by atoms with Crippen LogP contribution >= 0.6 is 0 Å². The van der Waals surface area contributed by atoms with Gasteiger partial charge in [0.1, 0.15) is 0 Å². The first-order valence-corrected chi connectivity index (χ1v) is 9.71. The van der Waals surface area contributed by atoms with Crippen molar-refractivity contribution in [2.45, 2.75) is 0 Å². The molecular weight excluding hydrogens is 336 g/mol. The smallest absolute Gasteiger partial charge is 0.00926 e.